The largest absolute Gasteiger partial charge is 0.497 e. The summed E-state index contributed by atoms with van der Waals surface area (Å²) < 4.78 is 10.8. The summed E-state index contributed by atoms with van der Waals surface area (Å²) in [5, 5.41) is 5.84. The molecule has 2 aromatic carbocycles. The Morgan fingerprint density at radius 2 is 1.58 bits per heavy atom. The van der Waals surface area contributed by atoms with Gasteiger partial charge in [0, 0.05) is 12.2 Å². The van der Waals surface area contributed by atoms with Crippen LogP contribution in [0.1, 0.15) is 104 Å². The number of ether oxygens (including phenoxy) is 2. The minimum atomic E-state index is -0.903. The van der Waals surface area contributed by atoms with Crippen LogP contribution in [0.5, 0.6) is 5.75 Å². The third-order valence-electron chi connectivity index (χ3n) is 7.01. The number of hydrogen-bond acceptors (Lipinski definition) is 5. The predicted octanol–water partition coefficient (Wildman–Crippen LogP) is 7.81. The van der Waals surface area contributed by atoms with E-state index in [1.165, 1.54) is 6.42 Å². The van der Waals surface area contributed by atoms with Gasteiger partial charge in [-0.05, 0) is 76.3 Å². The van der Waals surface area contributed by atoms with E-state index in [9.17, 15) is 14.4 Å². The molecule has 0 saturated heterocycles. The van der Waals surface area contributed by atoms with E-state index in [0.717, 1.165) is 37.7 Å². The van der Waals surface area contributed by atoms with Crippen molar-refractivity contribution in [2.75, 3.05) is 19.0 Å². The van der Waals surface area contributed by atoms with Gasteiger partial charge in [0.2, 0.25) is 5.91 Å². The molecule has 2 rings (SSSR count). The van der Waals surface area contributed by atoms with Crippen LogP contribution in [0.3, 0.4) is 0 Å². The maximum absolute atomic E-state index is 14.4. The van der Waals surface area contributed by atoms with E-state index >= 15 is 0 Å². The molecule has 0 aliphatic rings. The fraction of sp³-hybridized carbons (Fsp3) is 0.571. The van der Waals surface area contributed by atoms with Gasteiger partial charge >= 0.3 is 6.09 Å². The Kier molecular flexibility index (Phi) is 14.5. The highest BCUT2D eigenvalue weighted by atomic mass is 16.6. The van der Waals surface area contributed by atoms with Crippen LogP contribution in [0.25, 0.3) is 0 Å². The zero-order valence-electron chi connectivity index (χ0n) is 27.5. The van der Waals surface area contributed by atoms with Crippen molar-refractivity contribution in [3.8, 4) is 5.75 Å². The second-order valence-corrected chi connectivity index (χ2v) is 12.7. The summed E-state index contributed by atoms with van der Waals surface area (Å²) in [6, 6.07) is 13.0. The highest BCUT2D eigenvalue weighted by molar-refractivity contribution is 5.99. The lowest BCUT2D eigenvalue weighted by molar-refractivity contribution is -0.141. The van der Waals surface area contributed by atoms with E-state index in [1.807, 2.05) is 45.0 Å². The number of unbranched alkanes of at least 4 members (excludes halogenated alkanes) is 5. The minimum absolute atomic E-state index is 0.116. The number of hydrogen-bond donors (Lipinski definition) is 2. The number of rotatable bonds is 16. The van der Waals surface area contributed by atoms with Crippen LogP contribution in [-0.2, 0) is 14.3 Å². The number of anilines is 1. The summed E-state index contributed by atoms with van der Waals surface area (Å²) in [6.07, 6.45) is 5.97. The normalized spacial score (nSPS) is 12.8. The van der Waals surface area contributed by atoms with E-state index in [2.05, 4.69) is 17.6 Å². The average Bonchev–Trinajstić information content (AvgIpc) is 2.92. The molecule has 2 atom stereocenters. The van der Waals surface area contributed by atoms with Crippen LogP contribution in [-0.4, -0.2) is 48.1 Å². The second kappa shape index (κ2) is 17.5. The van der Waals surface area contributed by atoms with Gasteiger partial charge in [-0.1, -0.05) is 82.7 Å². The lowest BCUT2D eigenvalue weighted by Crippen LogP contribution is -2.53. The molecule has 0 spiro atoms. The molecule has 0 fully saturated rings. The molecule has 0 bridgehead atoms. The van der Waals surface area contributed by atoms with E-state index in [1.54, 1.807) is 57.0 Å². The first-order valence-corrected chi connectivity index (χ1v) is 15.7. The van der Waals surface area contributed by atoms with Gasteiger partial charge in [-0.3, -0.25) is 9.59 Å². The van der Waals surface area contributed by atoms with E-state index in [-0.39, 0.29) is 17.7 Å². The number of carbonyl (C=O) groups excluding carboxylic acids is 3. The third-order valence-corrected chi connectivity index (χ3v) is 7.01. The van der Waals surface area contributed by atoms with Gasteiger partial charge in [-0.2, -0.15) is 0 Å². The molecule has 8 nitrogen and oxygen atoms in total. The van der Waals surface area contributed by atoms with Crippen molar-refractivity contribution in [1.82, 2.24) is 10.2 Å². The van der Waals surface area contributed by atoms with Crippen LogP contribution in [0.2, 0.25) is 0 Å². The highest BCUT2D eigenvalue weighted by Crippen LogP contribution is 2.27. The van der Waals surface area contributed by atoms with Crippen molar-refractivity contribution in [3.05, 3.63) is 59.7 Å². The topological polar surface area (TPSA) is 97.0 Å². The summed E-state index contributed by atoms with van der Waals surface area (Å²) in [7, 11) is 1.59. The van der Waals surface area contributed by atoms with Gasteiger partial charge in [0.1, 0.15) is 23.4 Å². The van der Waals surface area contributed by atoms with Crippen LogP contribution in [0, 0.1) is 12.8 Å². The standard InChI is InChI=1S/C35H53N3O5/c1-9-10-11-12-13-14-22-38(33(40)30(23-25(2)3)37-34(41)43-35(5,6)7)31(27-17-15-16-26(4)24-27)32(39)36-28-18-20-29(42-8)21-19-28/h15-21,24-25,30-31H,9-14,22-23H2,1-8H3,(H,36,39)(H,37,41). The summed E-state index contributed by atoms with van der Waals surface area (Å²) >= 11 is 0. The summed E-state index contributed by atoms with van der Waals surface area (Å²) in [5.41, 5.74) is 1.58. The Hall–Kier alpha value is -3.55. The highest BCUT2D eigenvalue weighted by Gasteiger charge is 2.36. The summed E-state index contributed by atoms with van der Waals surface area (Å²) in [6.45, 7) is 13.9. The summed E-state index contributed by atoms with van der Waals surface area (Å²) in [5.74, 6) is 0.170. The zero-order valence-corrected chi connectivity index (χ0v) is 27.5. The molecule has 2 unspecified atom stereocenters. The molecule has 0 heterocycles. The number of carbonyl (C=O) groups is 3. The zero-order chi connectivity index (χ0) is 32.0. The molecule has 0 saturated carbocycles. The van der Waals surface area contributed by atoms with Gasteiger partial charge < -0.3 is 25.0 Å². The number of nitrogens with zero attached hydrogens (tertiary/aromatic N) is 1. The monoisotopic (exact) mass is 595 g/mol. The molecule has 8 heteroatoms. The molecular weight excluding hydrogens is 542 g/mol. The lowest BCUT2D eigenvalue weighted by atomic mass is 9.97. The Morgan fingerprint density at radius 3 is 2.16 bits per heavy atom. The van der Waals surface area contributed by atoms with E-state index < -0.39 is 23.8 Å². The Bertz CT molecular complexity index is 1160. The van der Waals surface area contributed by atoms with Crippen LogP contribution in [0.15, 0.2) is 48.5 Å². The van der Waals surface area contributed by atoms with Crippen molar-refractivity contribution < 1.29 is 23.9 Å². The molecule has 0 radical (unpaired) electrons. The van der Waals surface area contributed by atoms with Crippen LogP contribution < -0.4 is 15.4 Å². The molecule has 3 amide bonds. The van der Waals surface area contributed by atoms with Crippen LogP contribution in [0.4, 0.5) is 10.5 Å². The molecule has 2 aromatic rings. The van der Waals surface area contributed by atoms with Gasteiger partial charge in [0.25, 0.3) is 5.91 Å². The predicted molar refractivity (Wildman–Crippen MR) is 173 cm³/mol. The Morgan fingerprint density at radius 1 is 0.930 bits per heavy atom. The van der Waals surface area contributed by atoms with Gasteiger partial charge in [0.15, 0.2) is 0 Å². The number of aryl methyl sites for hydroxylation is 1. The fourth-order valence-electron chi connectivity index (χ4n) is 4.97. The second-order valence-electron chi connectivity index (χ2n) is 12.7. The Balaban J connectivity index is 2.50. The average molecular weight is 596 g/mol. The first-order valence-electron chi connectivity index (χ1n) is 15.7. The number of methoxy groups -OCH3 is 1. The van der Waals surface area contributed by atoms with Gasteiger partial charge in [0.05, 0.1) is 7.11 Å². The minimum Gasteiger partial charge on any atom is -0.497 e. The quantitative estimate of drug-likeness (QED) is 0.193. The number of alkyl carbamates (subject to hydrolysis) is 1. The molecule has 0 aliphatic heterocycles. The molecule has 2 N–H and O–H groups in total. The van der Waals surface area contributed by atoms with Crippen molar-refractivity contribution >= 4 is 23.6 Å². The van der Waals surface area contributed by atoms with Crippen molar-refractivity contribution in [2.24, 2.45) is 5.92 Å². The first-order chi connectivity index (χ1) is 20.3. The molecule has 238 valence electrons. The number of benzene rings is 2. The maximum atomic E-state index is 14.4. The molecule has 0 aromatic heterocycles. The fourth-order valence-corrected chi connectivity index (χ4v) is 4.97. The molecule has 0 aliphatic carbocycles. The van der Waals surface area contributed by atoms with Crippen LogP contribution >= 0.6 is 0 Å². The van der Waals surface area contributed by atoms with E-state index in [0.29, 0.717) is 30.0 Å². The Labute approximate surface area is 258 Å². The van der Waals surface area contributed by atoms with Crippen molar-refractivity contribution in [2.45, 2.75) is 111 Å². The van der Waals surface area contributed by atoms with Gasteiger partial charge in [-0.25, -0.2) is 4.79 Å². The third kappa shape index (κ3) is 12.7. The SMILES string of the molecule is CCCCCCCCN(C(=O)C(CC(C)C)NC(=O)OC(C)(C)C)C(C(=O)Nc1ccc(OC)cc1)c1cccc(C)c1. The van der Waals surface area contributed by atoms with E-state index in [4.69, 9.17) is 9.47 Å². The van der Waals surface area contributed by atoms with Crippen molar-refractivity contribution in [3.63, 3.8) is 0 Å². The number of nitrogens with one attached hydrogen (secondary N) is 2. The molecule has 43 heavy (non-hydrogen) atoms. The van der Waals surface area contributed by atoms with Crippen molar-refractivity contribution in [1.29, 1.82) is 0 Å². The first kappa shape index (κ1) is 35.6. The number of amides is 3. The smallest absolute Gasteiger partial charge is 0.408 e. The molecular formula is C35H53N3O5. The lowest BCUT2D eigenvalue weighted by Gasteiger charge is -2.35. The maximum Gasteiger partial charge on any atom is 0.408 e. The van der Waals surface area contributed by atoms with Gasteiger partial charge in [-0.15, -0.1) is 0 Å². The summed E-state index contributed by atoms with van der Waals surface area (Å²) in [4.78, 5) is 43.1.